The maximum atomic E-state index is 9.70. The van der Waals surface area contributed by atoms with Crippen molar-refractivity contribution in [2.24, 2.45) is 7.05 Å². The predicted octanol–water partition coefficient (Wildman–Crippen LogP) is 2.62. The van der Waals surface area contributed by atoms with Gasteiger partial charge in [-0.25, -0.2) is 0 Å². The second-order valence-corrected chi connectivity index (χ2v) is 4.83. The molecule has 0 radical (unpaired) electrons. The first-order chi connectivity index (χ1) is 8.74. The molecule has 1 aromatic heterocycles. The van der Waals surface area contributed by atoms with Gasteiger partial charge < -0.3 is 10.4 Å². The Morgan fingerprint density at radius 2 is 2.17 bits per heavy atom. The van der Waals surface area contributed by atoms with E-state index in [1.54, 1.807) is 6.07 Å². The van der Waals surface area contributed by atoms with Gasteiger partial charge in [-0.1, -0.05) is 18.2 Å². The Labute approximate surface area is 106 Å². The lowest BCUT2D eigenvalue weighted by Gasteiger charge is -2.07. The van der Waals surface area contributed by atoms with Crippen LogP contribution in [0.4, 0.5) is 5.82 Å². The first-order valence-electron chi connectivity index (χ1n) is 6.29. The Balaban J connectivity index is 1.71. The summed E-state index contributed by atoms with van der Waals surface area (Å²) in [6.45, 7) is 0.607. The van der Waals surface area contributed by atoms with Crippen molar-refractivity contribution in [3.05, 3.63) is 41.6 Å². The molecule has 1 aromatic carbocycles. The number of phenols is 1. The number of aromatic nitrogens is 2. The molecular formula is C14H17N3O. The molecule has 2 N–H and O–H groups in total. The van der Waals surface area contributed by atoms with Gasteiger partial charge in [0.2, 0.25) is 0 Å². The summed E-state index contributed by atoms with van der Waals surface area (Å²) in [4.78, 5) is 0. The molecule has 0 aliphatic heterocycles. The number of rotatable bonds is 4. The summed E-state index contributed by atoms with van der Waals surface area (Å²) >= 11 is 0. The lowest BCUT2D eigenvalue weighted by atomic mass is 10.2. The molecule has 1 aliphatic carbocycles. The van der Waals surface area contributed by atoms with Crippen LogP contribution >= 0.6 is 0 Å². The zero-order valence-electron chi connectivity index (χ0n) is 10.4. The van der Waals surface area contributed by atoms with Gasteiger partial charge in [-0.2, -0.15) is 5.10 Å². The van der Waals surface area contributed by atoms with E-state index in [1.807, 2.05) is 29.9 Å². The van der Waals surface area contributed by atoms with Crippen LogP contribution in [-0.2, 0) is 13.6 Å². The van der Waals surface area contributed by atoms with Gasteiger partial charge in [0.25, 0.3) is 0 Å². The largest absolute Gasteiger partial charge is 0.508 e. The number of phenolic OH excluding ortho intramolecular Hbond substituents is 1. The van der Waals surface area contributed by atoms with Crippen LogP contribution in [0, 0.1) is 0 Å². The summed E-state index contributed by atoms with van der Waals surface area (Å²) < 4.78 is 1.87. The SMILES string of the molecule is Cn1nc(C2CC2)cc1NCc1ccccc1O. The molecule has 1 heterocycles. The van der Waals surface area contributed by atoms with Crippen molar-refractivity contribution >= 4 is 5.82 Å². The standard InChI is InChI=1S/C14H17N3O/c1-17-14(8-12(16-17)10-6-7-10)15-9-11-4-2-3-5-13(11)18/h2-5,8,10,15,18H,6-7,9H2,1H3. The maximum absolute atomic E-state index is 9.70. The third-order valence-electron chi connectivity index (χ3n) is 3.35. The molecule has 1 aliphatic rings. The number of hydrogen-bond donors (Lipinski definition) is 2. The fraction of sp³-hybridized carbons (Fsp3) is 0.357. The van der Waals surface area contributed by atoms with Crippen LogP contribution in [0.5, 0.6) is 5.75 Å². The van der Waals surface area contributed by atoms with Crippen LogP contribution in [0.3, 0.4) is 0 Å². The highest BCUT2D eigenvalue weighted by atomic mass is 16.3. The van der Waals surface area contributed by atoms with Crippen molar-refractivity contribution in [3.8, 4) is 5.75 Å². The molecule has 0 unspecified atom stereocenters. The van der Waals surface area contributed by atoms with Crippen molar-refractivity contribution < 1.29 is 5.11 Å². The van der Waals surface area contributed by atoms with Gasteiger partial charge in [0.05, 0.1) is 5.69 Å². The summed E-state index contributed by atoms with van der Waals surface area (Å²) in [5.74, 6) is 1.99. The molecule has 2 aromatic rings. The summed E-state index contributed by atoms with van der Waals surface area (Å²) in [7, 11) is 1.94. The van der Waals surface area contributed by atoms with Gasteiger partial charge in [0.15, 0.2) is 0 Å². The van der Waals surface area contributed by atoms with E-state index in [-0.39, 0.29) is 0 Å². The third kappa shape index (κ3) is 2.18. The van der Waals surface area contributed by atoms with Crippen LogP contribution in [0.15, 0.2) is 30.3 Å². The Hall–Kier alpha value is -1.97. The highest BCUT2D eigenvalue weighted by Gasteiger charge is 2.26. The molecule has 0 atom stereocenters. The van der Waals surface area contributed by atoms with E-state index < -0.39 is 0 Å². The van der Waals surface area contributed by atoms with Crippen LogP contribution < -0.4 is 5.32 Å². The van der Waals surface area contributed by atoms with Crippen molar-refractivity contribution in [1.29, 1.82) is 0 Å². The number of nitrogens with one attached hydrogen (secondary N) is 1. The Bertz CT molecular complexity index is 558. The number of benzene rings is 1. The van der Waals surface area contributed by atoms with Gasteiger partial charge in [0.1, 0.15) is 11.6 Å². The molecule has 0 amide bonds. The Morgan fingerprint density at radius 1 is 1.39 bits per heavy atom. The molecule has 18 heavy (non-hydrogen) atoms. The lowest BCUT2D eigenvalue weighted by Crippen LogP contribution is -2.04. The molecule has 94 valence electrons. The number of para-hydroxylation sites is 1. The van der Waals surface area contributed by atoms with E-state index in [1.165, 1.54) is 18.5 Å². The molecular weight excluding hydrogens is 226 g/mol. The summed E-state index contributed by atoms with van der Waals surface area (Å²) in [6.07, 6.45) is 2.52. The fourth-order valence-electron chi connectivity index (χ4n) is 2.08. The fourth-order valence-corrected chi connectivity index (χ4v) is 2.08. The molecule has 0 bridgehead atoms. The highest BCUT2D eigenvalue weighted by molar-refractivity contribution is 5.42. The summed E-state index contributed by atoms with van der Waals surface area (Å²) in [5.41, 5.74) is 2.07. The first-order valence-corrected chi connectivity index (χ1v) is 6.29. The molecule has 0 spiro atoms. The smallest absolute Gasteiger partial charge is 0.124 e. The monoisotopic (exact) mass is 243 g/mol. The minimum absolute atomic E-state index is 0.328. The molecule has 4 heteroatoms. The average Bonchev–Trinajstić information content (AvgIpc) is 3.14. The highest BCUT2D eigenvalue weighted by Crippen LogP contribution is 2.39. The van der Waals surface area contributed by atoms with E-state index >= 15 is 0 Å². The zero-order valence-corrected chi connectivity index (χ0v) is 10.4. The second kappa shape index (κ2) is 4.37. The van der Waals surface area contributed by atoms with Gasteiger partial charge in [0, 0.05) is 31.1 Å². The normalized spacial score (nSPS) is 14.7. The van der Waals surface area contributed by atoms with Crippen LogP contribution in [0.2, 0.25) is 0 Å². The van der Waals surface area contributed by atoms with E-state index in [2.05, 4.69) is 16.5 Å². The lowest BCUT2D eigenvalue weighted by molar-refractivity contribution is 0.469. The summed E-state index contributed by atoms with van der Waals surface area (Å²) in [6, 6.07) is 9.48. The van der Waals surface area contributed by atoms with E-state index in [0.717, 1.165) is 11.4 Å². The number of hydrogen-bond acceptors (Lipinski definition) is 3. The number of aromatic hydroxyl groups is 1. The zero-order chi connectivity index (χ0) is 12.5. The van der Waals surface area contributed by atoms with Crippen molar-refractivity contribution in [1.82, 2.24) is 9.78 Å². The second-order valence-electron chi connectivity index (χ2n) is 4.83. The minimum atomic E-state index is 0.328. The van der Waals surface area contributed by atoms with Gasteiger partial charge >= 0.3 is 0 Å². The average molecular weight is 243 g/mol. The van der Waals surface area contributed by atoms with Gasteiger partial charge in [-0.3, -0.25) is 4.68 Å². The van der Waals surface area contributed by atoms with Crippen LogP contribution in [-0.4, -0.2) is 14.9 Å². The quantitative estimate of drug-likeness (QED) is 0.867. The van der Waals surface area contributed by atoms with E-state index in [9.17, 15) is 5.11 Å². The van der Waals surface area contributed by atoms with Crippen LogP contribution in [0.25, 0.3) is 0 Å². The molecule has 1 fully saturated rings. The first kappa shape index (κ1) is 11.1. The number of anilines is 1. The Kier molecular flexibility index (Phi) is 2.70. The predicted molar refractivity (Wildman–Crippen MR) is 70.6 cm³/mol. The molecule has 0 saturated heterocycles. The maximum Gasteiger partial charge on any atom is 0.124 e. The topological polar surface area (TPSA) is 50.1 Å². The van der Waals surface area contributed by atoms with Crippen molar-refractivity contribution in [2.45, 2.75) is 25.3 Å². The molecule has 4 nitrogen and oxygen atoms in total. The van der Waals surface area contributed by atoms with E-state index in [4.69, 9.17) is 0 Å². The van der Waals surface area contributed by atoms with Crippen LogP contribution in [0.1, 0.15) is 30.0 Å². The van der Waals surface area contributed by atoms with Crippen molar-refractivity contribution in [3.63, 3.8) is 0 Å². The van der Waals surface area contributed by atoms with Crippen molar-refractivity contribution in [2.75, 3.05) is 5.32 Å². The Morgan fingerprint density at radius 3 is 2.89 bits per heavy atom. The van der Waals surface area contributed by atoms with Gasteiger partial charge in [-0.05, 0) is 18.9 Å². The van der Waals surface area contributed by atoms with E-state index in [0.29, 0.717) is 18.2 Å². The molecule has 3 rings (SSSR count). The molecule has 1 saturated carbocycles. The summed E-state index contributed by atoms with van der Waals surface area (Å²) in [5, 5.41) is 17.5. The third-order valence-corrected chi connectivity index (χ3v) is 3.35. The van der Waals surface area contributed by atoms with Gasteiger partial charge in [-0.15, -0.1) is 0 Å². The number of aryl methyl sites for hydroxylation is 1. The minimum Gasteiger partial charge on any atom is -0.508 e. The number of nitrogens with zero attached hydrogens (tertiary/aromatic N) is 2.